The molecule has 1 rings (SSSR count). The summed E-state index contributed by atoms with van der Waals surface area (Å²) in [6.45, 7) is 2.05. The summed E-state index contributed by atoms with van der Waals surface area (Å²) in [5.74, 6) is -0.270. The number of hydrogen-bond acceptors (Lipinski definition) is 5. The molecule has 1 aromatic rings. The quantitative estimate of drug-likeness (QED) is 0.566. The SMILES string of the molecule is CCOC(=O)CSCC(=O)N(CC#N)c1ccccc1. The zero-order valence-corrected chi connectivity index (χ0v) is 12.1. The molecule has 0 saturated heterocycles. The van der Waals surface area contributed by atoms with E-state index in [9.17, 15) is 9.59 Å². The van der Waals surface area contributed by atoms with E-state index in [1.807, 2.05) is 12.1 Å². The summed E-state index contributed by atoms with van der Waals surface area (Å²) in [6.07, 6.45) is 0. The van der Waals surface area contributed by atoms with Gasteiger partial charge in [0.1, 0.15) is 6.54 Å². The maximum Gasteiger partial charge on any atom is 0.315 e. The Labute approximate surface area is 122 Å². The maximum atomic E-state index is 12.1. The normalized spacial score (nSPS) is 9.60. The Balaban J connectivity index is 2.54. The van der Waals surface area contributed by atoms with Crippen molar-refractivity contribution in [1.29, 1.82) is 5.26 Å². The summed E-state index contributed by atoms with van der Waals surface area (Å²) in [5.41, 5.74) is 0.677. The van der Waals surface area contributed by atoms with Gasteiger partial charge in [-0.15, -0.1) is 11.8 Å². The van der Waals surface area contributed by atoms with Crippen LogP contribution in [-0.4, -0.2) is 36.5 Å². The predicted molar refractivity (Wildman–Crippen MR) is 78.4 cm³/mol. The van der Waals surface area contributed by atoms with Gasteiger partial charge in [0.05, 0.1) is 24.2 Å². The number of amides is 1. The minimum atomic E-state index is -0.336. The Kier molecular flexibility index (Phi) is 7.22. The van der Waals surface area contributed by atoms with Crippen molar-refractivity contribution < 1.29 is 14.3 Å². The second-order valence-electron chi connectivity index (χ2n) is 3.77. The number of esters is 1. The largest absolute Gasteiger partial charge is 0.465 e. The molecule has 0 atom stereocenters. The molecular formula is C14H16N2O3S. The number of para-hydroxylation sites is 1. The van der Waals surface area contributed by atoms with Crippen molar-refractivity contribution in [2.24, 2.45) is 0 Å². The van der Waals surface area contributed by atoms with Crippen molar-refractivity contribution in [2.75, 3.05) is 29.6 Å². The van der Waals surface area contributed by atoms with Crippen molar-refractivity contribution in [3.05, 3.63) is 30.3 Å². The highest BCUT2D eigenvalue weighted by molar-refractivity contribution is 8.00. The molecule has 0 spiro atoms. The van der Waals surface area contributed by atoms with Crippen LogP contribution in [0.4, 0.5) is 5.69 Å². The predicted octanol–water partition coefficient (Wildman–Crippen LogP) is 1.84. The second kappa shape index (κ2) is 8.99. The Hall–Kier alpha value is -2.00. The van der Waals surface area contributed by atoms with Gasteiger partial charge in [-0.3, -0.25) is 14.5 Å². The standard InChI is InChI=1S/C14H16N2O3S/c1-2-19-14(18)11-20-10-13(17)16(9-8-15)12-6-4-3-5-7-12/h3-7H,2,9-11H2,1H3. The maximum absolute atomic E-state index is 12.1. The lowest BCUT2D eigenvalue weighted by atomic mass is 10.3. The van der Waals surface area contributed by atoms with Gasteiger partial charge in [-0.2, -0.15) is 5.26 Å². The van der Waals surface area contributed by atoms with Gasteiger partial charge in [-0.05, 0) is 19.1 Å². The molecule has 0 saturated carbocycles. The van der Waals surface area contributed by atoms with Crippen molar-refractivity contribution >= 4 is 29.3 Å². The van der Waals surface area contributed by atoms with Gasteiger partial charge in [-0.1, -0.05) is 18.2 Å². The van der Waals surface area contributed by atoms with Crippen LogP contribution in [0.15, 0.2) is 30.3 Å². The van der Waals surface area contributed by atoms with Crippen LogP contribution in [0, 0.1) is 11.3 Å². The molecule has 0 N–H and O–H groups in total. The number of carbonyl (C=O) groups is 2. The number of hydrogen-bond donors (Lipinski definition) is 0. The second-order valence-corrected chi connectivity index (χ2v) is 4.76. The van der Waals surface area contributed by atoms with Crippen LogP contribution in [0.25, 0.3) is 0 Å². The van der Waals surface area contributed by atoms with E-state index in [0.29, 0.717) is 12.3 Å². The van der Waals surface area contributed by atoms with Crippen molar-refractivity contribution in [2.45, 2.75) is 6.92 Å². The molecule has 0 aliphatic carbocycles. The smallest absolute Gasteiger partial charge is 0.315 e. The highest BCUT2D eigenvalue weighted by Gasteiger charge is 2.15. The molecule has 0 aliphatic rings. The zero-order valence-electron chi connectivity index (χ0n) is 11.2. The minimum absolute atomic E-state index is 0.0111. The zero-order chi connectivity index (χ0) is 14.8. The Morgan fingerprint density at radius 3 is 2.60 bits per heavy atom. The first-order chi connectivity index (χ1) is 9.69. The summed E-state index contributed by atoms with van der Waals surface area (Å²) in [7, 11) is 0. The van der Waals surface area contributed by atoms with Crippen LogP contribution in [0.3, 0.4) is 0 Å². The van der Waals surface area contributed by atoms with Crippen LogP contribution < -0.4 is 4.90 Å². The lowest BCUT2D eigenvalue weighted by Crippen LogP contribution is -2.33. The van der Waals surface area contributed by atoms with Crippen LogP contribution in [0.1, 0.15) is 6.92 Å². The van der Waals surface area contributed by atoms with E-state index in [-0.39, 0.29) is 29.9 Å². The third kappa shape index (κ3) is 5.33. The first-order valence-corrected chi connectivity index (χ1v) is 7.30. The van der Waals surface area contributed by atoms with Crippen LogP contribution >= 0.6 is 11.8 Å². The van der Waals surface area contributed by atoms with Gasteiger partial charge < -0.3 is 4.74 Å². The third-order valence-electron chi connectivity index (χ3n) is 2.35. The number of carbonyl (C=O) groups excluding carboxylic acids is 2. The average Bonchev–Trinajstić information content (AvgIpc) is 2.46. The molecular weight excluding hydrogens is 276 g/mol. The Morgan fingerprint density at radius 2 is 2.00 bits per heavy atom. The molecule has 0 aromatic heterocycles. The number of anilines is 1. The van der Waals surface area contributed by atoms with E-state index in [2.05, 4.69) is 0 Å². The van der Waals surface area contributed by atoms with Crippen LogP contribution in [-0.2, 0) is 14.3 Å². The molecule has 0 radical (unpaired) electrons. The number of rotatable bonds is 7. The molecule has 0 bridgehead atoms. The van der Waals surface area contributed by atoms with Crippen molar-refractivity contribution in [3.63, 3.8) is 0 Å². The molecule has 6 heteroatoms. The van der Waals surface area contributed by atoms with E-state index in [1.54, 1.807) is 31.2 Å². The monoisotopic (exact) mass is 292 g/mol. The molecule has 106 valence electrons. The van der Waals surface area contributed by atoms with Gasteiger partial charge in [-0.25, -0.2) is 0 Å². The van der Waals surface area contributed by atoms with Crippen molar-refractivity contribution in [1.82, 2.24) is 0 Å². The molecule has 0 heterocycles. The Morgan fingerprint density at radius 1 is 1.30 bits per heavy atom. The number of benzene rings is 1. The minimum Gasteiger partial charge on any atom is -0.465 e. The number of ether oxygens (including phenoxy) is 1. The van der Waals surface area contributed by atoms with Crippen LogP contribution in [0.5, 0.6) is 0 Å². The molecule has 20 heavy (non-hydrogen) atoms. The summed E-state index contributed by atoms with van der Waals surface area (Å²) in [4.78, 5) is 24.6. The third-order valence-corrected chi connectivity index (χ3v) is 3.24. The molecule has 1 aromatic carbocycles. The summed E-state index contributed by atoms with van der Waals surface area (Å²) >= 11 is 1.18. The van der Waals surface area contributed by atoms with Gasteiger partial charge in [0.2, 0.25) is 5.91 Å². The van der Waals surface area contributed by atoms with E-state index in [4.69, 9.17) is 10.00 Å². The topological polar surface area (TPSA) is 70.4 Å². The lowest BCUT2D eigenvalue weighted by Gasteiger charge is -2.19. The molecule has 1 amide bonds. The number of nitriles is 1. The summed E-state index contributed by atoms with van der Waals surface area (Å²) in [5, 5.41) is 8.81. The first kappa shape index (κ1) is 16.1. The van der Waals surface area contributed by atoms with Gasteiger partial charge in [0, 0.05) is 5.69 Å². The van der Waals surface area contributed by atoms with E-state index in [0.717, 1.165) is 0 Å². The Bertz CT molecular complexity index is 485. The highest BCUT2D eigenvalue weighted by atomic mass is 32.2. The molecule has 5 nitrogen and oxygen atoms in total. The van der Waals surface area contributed by atoms with Gasteiger partial charge in [0.15, 0.2) is 0 Å². The first-order valence-electron chi connectivity index (χ1n) is 6.14. The number of nitrogens with zero attached hydrogens (tertiary/aromatic N) is 2. The molecule has 0 fully saturated rings. The van der Waals surface area contributed by atoms with Gasteiger partial charge >= 0.3 is 5.97 Å². The highest BCUT2D eigenvalue weighted by Crippen LogP contribution is 2.14. The fourth-order valence-electron chi connectivity index (χ4n) is 1.50. The molecule has 0 unspecified atom stereocenters. The van der Waals surface area contributed by atoms with Crippen molar-refractivity contribution in [3.8, 4) is 6.07 Å². The summed E-state index contributed by atoms with van der Waals surface area (Å²) < 4.78 is 4.78. The van der Waals surface area contributed by atoms with E-state index in [1.165, 1.54) is 16.7 Å². The fraction of sp³-hybridized carbons (Fsp3) is 0.357. The van der Waals surface area contributed by atoms with E-state index >= 15 is 0 Å². The fourth-order valence-corrected chi connectivity index (χ4v) is 2.19. The number of thioether (sulfide) groups is 1. The van der Waals surface area contributed by atoms with Gasteiger partial charge in [0.25, 0.3) is 0 Å². The van der Waals surface area contributed by atoms with E-state index < -0.39 is 0 Å². The summed E-state index contributed by atoms with van der Waals surface area (Å²) in [6, 6.07) is 11.0. The van der Waals surface area contributed by atoms with Crippen LogP contribution in [0.2, 0.25) is 0 Å². The average molecular weight is 292 g/mol. The molecule has 0 aliphatic heterocycles. The lowest BCUT2D eigenvalue weighted by molar-refractivity contribution is -0.139.